The first-order valence-electron chi connectivity index (χ1n) is 9.55. The Morgan fingerprint density at radius 1 is 0.815 bits per heavy atom. The molecule has 2 aromatic carbocycles. The fourth-order valence-electron chi connectivity index (χ4n) is 3.98. The van der Waals surface area contributed by atoms with Crippen LogP contribution in [0.25, 0.3) is 33.6 Å². The van der Waals surface area contributed by atoms with E-state index in [0.29, 0.717) is 11.8 Å². The molecule has 1 saturated carbocycles. The molecule has 0 atom stereocenters. The quantitative estimate of drug-likeness (QED) is 0.494. The third-order valence-electron chi connectivity index (χ3n) is 5.28. The highest BCUT2D eigenvalue weighted by Crippen LogP contribution is 2.42. The van der Waals surface area contributed by atoms with Crippen LogP contribution >= 0.6 is 0 Å². The first kappa shape index (κ1) is 16.1. The average Bonchev–Trinajstić information content (AvgIpc) is 3.37. The molecule has 4 aromatic rings. The number of fused-ring (bicyclic) bond motifs is 1. The summed E-state index contributed by atoms with van der Waals surface area (Å²) in [4.78, 5) is 9.01. The molecule has 1 aliphatic rings. The lowest BCUT2D eigenvalue weighted by Gasteiger charge is -2.13. The van der Waals surface area contributed by atoms with E-state index in [4.69, 9.17) is 4.42 Å². The Morgan fingerprint density at radius 2 is 1.48 bits per heavy atom. The Balaban J connectivity index is 1.75. The Labute approximate surface area is 158 Å². The minimum Gasteiger partial charge on any atom is -0.437 e. The van der Waals surface area contributed by atoms with Gasteiger partial charge in [0.15, 0.2) is 0 Å². The van der Waals surface area contributed by atoms with Gasteiger partial charge in [0, 0.05) is 17.2 Å². The number of benzene rings is 2. The summed E-state index contributed by atoms with van der Waals surface area (Å²) in [6.45, 7) is 0. The van der Waals surface area contributed by atoms with Crippen molar-refractivity contribution in [1.82, 2.24) is 9.97 Å². The van der Waals surface area contributed by atoms with Crippen LogP contribution in [0.4, 0.5) is 5.82 Å². The summed E-state index contributed by atoms with van der Waals surface area (Å²) in [5, 5.41) is 4.61. The second-order valence-electron chi connectivity index (χ2n) is 7.07. The highest BCUT2D eigenvalue weighted by molar-refractivity contribution is 6.05. The van der Waals surface area contributed by atoms with Gasteiger partial charge in [-0.2, -0.15) is 0 Å². The monoisotopic (exact) mass is 355 g/mol. The number of anilines is 1. The van der Waals surface area contributed by atoms with E-state index < -0.39 is 0 Å². The molecule has 1 N–H and O–H groups in total. The summed E-state index contributed by atoms with van der Waals surface area (Å²) in [5.74, 6) is 1.71. The summed E-state index contributed by atoms with van der Waals surface area (Å²) >= 11 is 0. The van der Waals surface area contributed by atoms with Gasteiger partial charge in [-0.15, -0.1) is 0 Å². The maximum Gasteiger partial charge on any atom is 0.232 e. The van der Waals surface area contributed by atoms with Crippen molar-refractivity contribution in [2.24, 2.45) is 0 Å². The molecule has 0 saturated heterocycles. The predicted octanol–water partition coefficient (Wildman–Crippen LogP) is 5.91. The Kier molecular flexibility index (Phi) is 4.09. The van der Waals surface area contributed by atoms with Crippen molar-refractivity contribution >= 4 is 16.9 Å². The van der Waals surface area contributed by atoms with Crippen molar-refractivity contribution in [3.8, 4) is 22.5 Å². The predicted molar refractivity (Wildman–Crippen MR) is 109 cm³/mol. The summed E-state index contributed by atoms with van der Waals surface area (Å²) in [6.07, 6.45) is 6.52. The average molecular weight is 355 g/mol. The van der Waals surface area contributed by atoms with Crippen molar-refractivity contribution < 1.29 is 4.42 Å². The minimum absolute atomic E-state index is 0.474. The molecular weight excluding hydrogens is 334 g/mol. The van der Waals surface area contributed by atoms with Crippen LogP contribution in [-0.2, 0) is 0 Å². The van der Waals surface area contributed by atoms with E-state index in [1.165, 1.54) is 25.7 Å². The normalized spacial score (nSPS) is 14.7. The SMILES string of the molecule is c1ccc(-c2oc3ncnc(NC4CCCC4)c3c2-c2ccccc2)cc1. The molecule has 2 heterocycles. The van der Waals surface area contributed by atoms with Crippen molar-refractivity contribution in [1.29, 1.82) is 0 Å². The van der Waals surface area contributed by atoms with E-state index in [1.54, 1.807) is 6.33 Å². The van der Waals surface area contributed by atoms with Gasteiger partial charge in [0.25, 0.3) is 0 Å². The van der Waals surface area contributed by atoms with Crippen LogP contribution in [0.3, 0.4) is 0 Å². The zero-order valence-corrected chi connectivity index (χ0v) is 15.1. The van der Waals surface area contributed by atoms with Gasteiger partial charge in [0.1, 0.15) is 17.9 Å². The number of nitrogens with zero attached hydrogens (tertiary/aromatic N) is 2. The van der Waals surface area contributed by atoms with Gasteiger partial charge >= 0.3 is 0 Å². The van der Waals surface area contributed by atoms with Gasteiger partial charge < -0.3 is 9.73 Å². The number of rotatable bonds is 4. The molecular formula is C23H21N3O. The zero-order valence-electron chi connectivity index (χ0n) is 15.1. The topological polar surface area (TPSA) is 51.0 Å². The van der Waals surface area contributed by atoms with Crippen LogP contribution in [0.1, 0.15) is 25.7 Å². The summed E-state index contributed by atoms with van der Waals surface area (Å²) in [6, 6.07) is 21.1. The zero-order chi connectivity index (χ0) is 18.1. The summed E-state index contributed by atoms with van der Waals surface area (Å²) in [7, 11) is 0. The number of furan rings is 1. The molecule has 0 aliphatic heterocycles. The van der Waals surface area contributed by atoms with Crippen LogP contribution in [0, 0.1) is 0 Å². The third kappa shape index (κ3) is 2.97. The van der Waals surface area contributed by atoms with Crippen LogP contribution in [-0.4, -0.2) is 16.0 Å². The molecule has 134 valence electrons. The Bertz CT molecular complexity index is 1050. The molecule has 4 heteroatoms. The first-order chi connectivity index (χ1) is 13.4. The molecule has 0 spiro atoms. The molecule has 4 nitrogen and oxygen atoms in total. The van der Waals surface area contributed by atoms with E-state index in [-0.39, 0.29) is 0 Å². The lowest BCUT2D eigenvalue weighted by atomic mass is 9.99. The van der Waals surface area contributed by atoms with Gasteiger partial charge in [-0.1, -0.05) is 73.5 Å². The van der Waals surface area contributed by atoms with E-state index in [9.17, 15) is 0 Å². The summed E-state index contributed by atoms with van der Waals surface area (Å²) in [5.41, 5.74) is 3.83. The molecule has 2 aromatic heterocycles. The molecule has 0 amide bonds. The maximum atomic E-state index is 6.25. The smallest absolute Gasteiger partial charge is 0.232 e. The fraction of sp³-hybridized carbons (Fsp3) is 0.217. The van der Waals surface area contributed by atoms with Crippen LogP contribution in [0.15, 0.2) is 71.4 Å². The van der Waals surface area contributed by atoms with Gasteiger partial charge in [-0.05, 0) is 18.4 Å². The number of nitrogens with one attached hydrogen (secondary N) is 1. The van der Waals surface area contributed by atoms with E-state index >= 15 is 0 Å². The van der Waals surface area contributed by atoms with Crippen molar-refractivity contribution in [3.05, 3.63) is 67.0 Å². The van der Waals surface area contributed by atoms with Crippen molar-refractivity contribution in [3.63, 3.8) is 0 Å². The summed E-state index contributed by atoms with van der Waals surface area (Å²) < 4.78 is 6.25. The van der Waals surface area contributed by atoms with E-state index in [1.807, 2.05) is 24.3 Å². The van der Waals surface area contributed by atoms with Gasteiger partial charge in [0.05, 0.1) is 5.39 Å². The molecule has 27 heavy (non-hydrogen) atoms. The van der Waals surface area contributed by atoms with Gasteiger partial charge in [0.2, 0.25) is 5.71 Å². The molecule has 5 rings (SSSR count). The fourth-order valence-corrected chi connectivity index (χ4v) is 3.98. The second-order valence-corrected chi connectivity index (χ2v) is 7.07. The number of hydrogen-bond donors (Lipinski definition) is 1. The van der Waals surface area contributed by atoms with Crippen LogP contribution < -0.4 is 5.32 Å². The standard InChI is InChI=1S/C23H21N3O/c1-3-9-16(10-4-1)19-20-22(26-18-13-7-8-14-18)24-15-25-23(20)27-21(19)17-11-5-2-6-12-17/h1-6,9-12,15,18H,7-8,13-14H2,(H,24,25,26). The minimum atomic E-state index is 0.474. The number of aromatic nitrogens is 2. The lowest BCUT2D eigenvalue weighted by Crippen LogP contribution is -2.15. The Hall–Kier alpha value is -3.14. The molecule has 0 unspecified atom stereocenters. The number of hydrogen-bond acceptors (Lipinski definition) is 4. The van der Waals surface area contributed by atoms with Crippen LogP contribution in [0.2, 0.25) is 0 Å². The molecule has 1 aliphatic carbocycles. The largest absolute Gasteiger partial charge is 0.437 e. The maximum absolute atomic E-state index is 6.25. The van der Waals surface area contributed by atoms with Crippen LogP contribution in [0.5, 0.6) is 0 Å². The van der Waals surface area contributed by atoms with E-state index in [0.717, 1.165) is 33.7 Å². The van der Waals surface area contributed by atoms with E-state index in [2.05, 4.69) is 51.7 Å². The first-order valence-corrected chi connectivity index (χ1v) is 9.55. The molecule has 0 bridgehead atoms. The molecule has 1 fully saturated rings. The third-order valence-corrected chi connectivity index (χ3v) is 5.28. The molecule has 0 radical (unpaired) electrons. The highest BCUT2D eigenvalue weighted by atomic mass is 16.3. The highest BCUT2D eigenvalue weighted by Gasteiger charge is 2.24. The second kappa shape index (κ2) is 6.88. The van der Waals surface area contributed by atoms with Crippen molar-refractivity contribution in [2.75, 3.05) is 5.32 Å². The van der Waals surface area contributed by atoms with Gasteiger partial charge in [-0.25, -0.2) is 9.97 Å². The van der Waals surface area contributed by atoms with Crippen molar-refractivity contribution in [2.45, 2.75) is 31.7 Å². The van der Waals surface area contributed by atoms with Gasteiger partial charge in [-0.3, -0.25) is 0 Å². The lowest BCUT2D eigenvalue weighted by molar-refractivity contribution is 0.618. The Morgan fingerprint density at radius 3 is 2.19 bits per heavy atom.